The van der Waals surface area contributed by atoms with Crippen molar-refractivity contribution >= 4 is 51.6 Å². The van der Waals surface area contributed by atoms with E-state index in [0.29, 0.717) is 40.4 Å². The molecule has 0 fully saturated rings. The standard InChI is InChI=1S/C13H17Br2ClO4S/c1-9(2)3-4-19-5-6-20-13-11(14)7-10(8-12(13)15)21(16,17)18/h7-9H,3-6H2,1-2H3. The molecule has 0 saturated carbocycles. The van der Waals surface area contributed by atoms with E-state index in [1.807, 2.05) is 0 Å². The molecule has 0 spiro atoms. The lowest BCUT2D eigenvalue weighted by Gasteiger charge is -2.12. The van der Waals surface area contributed by atoms with E-state index in [4.69, 9.17) is 20.2 Å². The van der Waals surface area contributed by atoms with E-state index in [9.17, 15) is 8.42 Å². The van der Waals surface area contributed by atoms with Crippen LogP contribution in [0.3, 0.4) is 0 Å². The predicted molar refractivity (Wildman–Crippen MR) is 90.6 cm³/mol. The van der Waals surface area contributed by atoms with Crippen molar-refractivity contribution in [3.63, 3.8) is 0 Å². The van der Waals surface area contributed by atoms with Crippen molar-refractivity contribution in [3.05, 3.63) is 21.1 Å². The highest BCUT2D eigenvalue weighted by molar-refractivity contribution is 9.11. The van der Waals surface area contributed by atoms with Gasteiger partial charge in [0.05, 0.1) is 20.4 Å². The molecule has 0 aliphatic heterocycles. The molecule has 0 atom stereocenters. The lowest BCUT2D eigenvalue weighted by molar-refractivity contribution is 0.0921. The zero-order valence-electron chi connectivity index (χ0n) is 11.7. The Balaban J connectivity index is 2.57. The Hall–Kier alpha value is 0.180. The fourth-order valence-electron chi connectivity index (χ4n) is 1.44. The molecule has 120 valence electrons. The summed E-state index contributed by atoms with van der Waals surface area (Å²) in [6, 6.07) is 2.81. The summed E-state index contributed by atoms with van der Waals surface area (Å²) in [5, 5.41) is 0. The molecule has 0 unspecified atom stereocenters. The number of rotatable bonds is 8. The van der Waals surface area contributed by atoms with E-state index in [-0.39, 0.29) is 4.90 Å². The Morgan fingerprint density at radius 3 is 2.19 bits per heavy atom. The van der Waals surface area contributed by atoms with Gasteiger partial charge < -0.3 is 9.47 Å². The second-order valence-electron chi connectivity index (χ2n) is 4.80. The summed E-state index contributed by atoms with van der Waals surface area (Å²) in [4.78, 5) is 0.00319. The highest BCUT2D eigenvalue weighted by atomic mass is 79.9. The summed E-state index contributed by atoms with van der Waals surface area (Å²) in [6.45, 7) is 5.83. The maximum absolute atomic E-state index is 11.3. The molecule has 0 aromatic heterocycles. The first-order valence-electron chi connectivity index (χ1n) is 6.36. The second-order valence-corrected chi connectivity index (χ2v) is 9.07. The Kier molecular flexibility index (Phi) is 7.98. The lowest BCUT2D eigenvalue weighted by atomic mass is 10.1. The number of hydrogen-bond donors (Lipinski definition) is 0. The largest absolute Gasteiger partial charge is 0.489 e. The van der Waals surface area contributed by atoms with Gasteiger partial charge in [-0.2, -0.15) is 0 Å². The first kappa shape index (κ1) is 19.2. The third kappa shape index (κ3) is 6.86. The Morgan fingerprint density at radius 2 is 1.71 bits per heavy atom. The topological polar surface area (TPSA) is 52.6 Å². The highest BCUT2D eigenvalue weighted by Gasteiger charge is 2.16. The van der Waals surface area contributed by atoms with Crippen molar-refractivity contribution in [1.29, 1.82) is 0 Å². The molecule has 1 rings (SSSR count). The molecule has 0 heterocycles. The Morgan fingerprint density at radius 1 is 1.14 bits per heavy atom. The second kappa shape index (κ2) is 8.72. The van der Waals surface area contributed by atoms with Gasteiger partial charge >= 0.3 is 0 Å². The lowest BCUT2D eigenvalue weighted by Crippen LogP contribution is -2.09. The molecule has 0 saturated heterocycles. The molecule has 0 N–H and O–H groups in total. The van der Waals surface area contributed by atoms with E-state index in [1.165, 1.54) is 12.1 Å². The average molecular weight is 465 g/mol. The van der Waals surface area contributed by atoms with E-state index < -0.39 is 9.05 Å². The van der Waals surface area contributed by atoms with Gasteiger partial charge in [0.2, 0.25) is 0 Å². The molecule has 0 aliphatic rings. The van der Waals surface area contributed by atoms with Gasteiger partial charge in [-0.05, 0) is 56.3 Å². The number of ether oxygens (including phenoxy) is 2. The first-order valence-corrected chi connectivity index (χ1v) is 10.3. The molecule has 4 nitrogen and oxygen atoms in total. The minimum atomic E-state index is -3.77. The molecule has 21 heavy (non-hydrogen) atoms. The quantitative estimate of drug-likeness (QED) is 0.417. The number of hydrogen-bond acceptors (Lipinski definition) is 4. The van der Waals surface area contributed by atoms with Crippen LogP contribution in [0.1, 0.15) is 20.3 Å². The summed E-state index contributed by atoms with van der Waals surface area (Å²) in [5.74, 6) is 1.13. The van der Waals surface area contributed by atoms with Crippen LogP contribution in [-0.4, -0.2) is 28.2 Å². The monoisotopic (exact) mass is 462 g/mol. The van der Waals surface area contributed by atoms with Crippen LogP contribution in [0.25, 0.3) is 0 Å². The van der Waals surface area contributed by atoms with Gasteiger partial charge in [0.1, 0.15) is 12.4 Å². The van der Waals surface area contributed by atoms with E-state index in [1.54, 1.807) is 0 Å². The summed E-state index contributed by atoms with van der Waals surface area (Å²) >= 11 is 6.55. The van der Waals surface area contributed by atoms with E-state index in [2.05, 4.69) is 45.7 Å². The molecular weight excluding hydrogens is 447 g/mol. The normalized spacial score (nSPS) is 11.9. The van der Waals surface area contributed by atoms with Gasteiger partial charge in [0.15, 0.2) is 0 Å². The van der Waals surface area contributed by atoms with E-state index >= 15 is 0 Å². The molecule has 0 amide bonds. The van der Waals surface area contributed by atoms with Crippen molar-refractivity contribution in [2.45, 2.75) is 25.2 Å². The molecule has 1 aromatic rings. The van der Waals surface area contributed by atoms with Gasteiger partial charge in [-0.3, -0.25) is 0 Å². The molecule has 8 heteroatoms. The van der Waals surface area contributed by atoms with Crippen LogP contribution in [0.4, 0.5) is 0 Å². The minimum Gasteiger partial charge on any atom is -0.489 e. The Bertz CT molecular complexity index is 553. The molecule has 1 aromatic carbocycles. The minimum absolute atomic E-state index is 0.00319. The van der Waals surface area contributed by atoms with Crippen LogP contribution < -0.4 is 4.74 Å². The summed E-state index contributed by atoms with van der Waals surface area (Å²) in [6.07, 6.45) is 1.01. The molecule has 0 bridgehead atoms. The van der Waals surface area contributed by atoms with Crippen LogP contribution in [0.2, 0.25) is 0 Å². The van der Waals surface area contributed by atoms with Crippen LogP contribution >= 0.6 is 42.5 Å². The van der Waals surface area contributed by atoms with Gasteiger partial charge in [0.25, 0.3) is 9.05 Å². The predicted octanol–water partition coefficient (Wildman–Crippen LogP) is 4.58. The van der Waals surface area contributed by atoms with Crippen LogP contribution in [-0.2, 0) is 13.8 Å². The maximum Gasteiger partial charge on any atom is 0.261 e. The summed E-state index contributed by atoms with van der Waals surface area (Å²) in [7, 11) is 1.54. The van der Waals surface area contributed by atoms with Crippen LogP contribution in [0, 0.1) is 5.92 Å². The highest BCUT2D eigenvalue weighted by Crippen LogP contribution is 2.36. The smallest absolute Gasteiger partial charge is 0.261 e. The van der Waals surface area contributed by atoms with Crippen molar-refractivity contribution < 1.29 is 17.9 Å². The van der Waals surface area contributed by atoms with Crippen LogP contribution in [0.5, 0.6) is 5.75 Å². The third-order valence-corrected chi connectivity index (χ3v) is 5.08. The first-order chi connectivity index (χ1) is 9.71. The molecule has 0 aliphatic carbocycles. The fraction of sp³-hybridized carbons (Fsp3) is 0.538. The van der Waals surface area contributed by atoms with Gasteiger partial charge in [0, 0.05) is 17.3 Å². The molecule has 0 radical (unpaired) electrons. The maximum atomic E-state index is 11.3. The van der Waals surface area contributed by atoms with Crippen molar-refractivity contribution in [2.75, 3.05) is 19.8 Å². The van der Waals surface area contributed by atoms with Crippen LogP contribution in [0.15, 0.2) is 26.0 Å². The van der Waals surface area contributed by atoms with Gasteiger partial charge in [-0.1, -0.05) is 13.8 Å². The number of benzene rings is 1. The Labute approximate surface area is 146 Å². The number of halogens is 3. The fourth-order valence-corrected chi connectivity index (χ4v) is 3.94. The van der Waals surface area contributed by atoms with Gasteiger partial charge in [-0.25, -0.2) is 8.42 Å². The SMILES string of the molecule is CC(C)CCOCCOc1c(Br)cc(S(=O)(=O)Cl)cc1Br. The van der Waals surface area contributed by atoms with Crippen molar-refractivity contribution in [2.24, 2.45) is 5.92 Å². The zero-order valence-corrected chi connectivity index (χ0v) is 16.5. The van der Waals surface area contributed by atoms with Crippen molar-refractivity contribution in [3.8, 4) is 5.75 Å². The average Bonchev–Trinajstić information content (AvgIpc) is 2.34. The van der Waals surface area contributed by atoms with E-state index in [0.717, 1.165) is 6.42 Å². The third-order valence-electron chi connectivity index (χ3n) is 2.57. The van der Waals surface area contributed by atoms with Gasteiger partial charge in [-0.15, -0.1) is 0 Å². The van der Waals surface area contributed by atoms with Crippen molar-refractivity contribution in [1.82, 2.24) is 0 Å². The molecular formula is C13H17Br2ClO4S. The summed E-state index contributed by atoms with van der Waals surface area (Å²) < 4.78 is 34.7. The summed E-state index contributed by atoms with van der Waals surface area (Å²) in [5.41, 5.74) is 0. The zero-order chi connectivity index (χ0) is 16.0.